The van der Waals surface area contributed by atoms with E-state index in [0.29, 0.717) is 6.54 Å². The van der Waals surface area contributed by atoms with Crippen molar-refractivity contribution < 1.29 is 8.42 Å². The molecule has 0 aliphatic rings. The number of hydrogen-bond donors (Lipinski definition) is 0. The Hall–Kier alpha value is 0.640. The summed E-state index contributed by atoms with van der Waals surface area (Å²) in [6, 6.07) is 0. The van der Waals surface area contributed by atoms with Crippen LogP contribution in [0.15, 0.2) is 0 Å². The van der Waals surface area contributed by atoms with Crippen molar-refractivity contribution in [2.24, 2.45) is 0 Å². The molecule has 0 rings (SSSR count). The van der Waals surface area contributed by atoms with Gasteiger partial charge in [-0.2, -0.15) is 0 Å². The van der Waals surface area contributed by atoms with E-state index in [-0.39, 0.29) is 5.75 Å². The summed E-state index contributed by atoms with van der Waals surface area (Å²) in [5.41, 5.74) is 0. The van der Waals surface area contributed by atoms with Gasteiger partial charge in [-0.05, 0) is 6.92 Å². The van der Waals surface area contributed by atoms with Crippen molar-refractivity contribution in [1.82, 2.24) is 2.52 Å². The number of halogens is 1. The van der Waals surface area contributed by atoms with E-state index < -0.39 is 10.0 Å². The van der Waals surface area contributed by atoms with Crippen LogP contribution in [-0.4, -0.2) is 23.2 Å². The minimum Gasteiger partial charge on any atom is -0.211 e. The van der Waals surface area contributed by atoms with Crippen LogP contribution in [0.25, 0.3) is 0 Å². The SMILES string of the molecule is CCN(I)S(=O)(=O)CC. The van der Waals surface area contributed by atoms with Gasteiger partial charge in [0.05, 0.1) is 5.75 Å². The molecule has 0 unspecified atom stereocenters. The molecule has 0 saturated heterocycles. The van der Waals surface area contributed by atoms with Gasteiger partial charge in [0.2, 0.25) is 10.0 Å². The third kappa shape index (κ3) is 2.81. The standard InChI is InChI=1S/C4H10INO2S/c1-3-6(5)9(7,8)4-2/h3-4H2,1-2H3. The molecule has 0 aromatic rings. The quantitative estimate of drug-likeness (QED) is 0.563. The zero-order valence-corrected chi connectivity index (χ0v) is 8.44. The van der Waals surface area contributed by atoms with E-state index in [4.69, 9.17) is 0 Å². The van der Waals surface area contributed by atoms with Crippen LogP contribution < -0.4 is 0 Å². The van der Waals surface area contributed by atoms with Crippen molar-refractivity contribution >= 4 is 32.9 Å². The van der Waals surface area contributed by atoms with Gasteiger partial charge in [-0.3, -0.25) is 0 Å². The van der Waals surface area contributed by atoms with E-state index in [2.05, 4.69) is 0 Å². The van der Waals surface area contributed by atoms with Gasteiger partial charge in [0.25, 0.3) is 0 Å². The minimum atomic E-state index is -2.93. The molecule has 0 fully saturated rings. The van der Waals surface area contributed by atoms with Crippen LogP contribution in [0.2, 0.25) is 0 Å². The highest BCUT2D eigenvalue weighted by molar-refractivity contribution is 14.1. The van der Waals surface area contributed by atoms with Gasteiger partial charge in [0.1, 0.15) is 0 Å². The van der Waals surface area contributed by atoms with E-state index in [1.807, 2.05) is 0 Å². The third-order valence-electron chi connectivity index (χ3n) is 0.915. The predicted molar refractivity (Wildman–Crippen MR) is 45.9 cm³/mol. The summed E-state index contributed by atoms with van der Waals surface area (Å²) in [4.78, 5) is 0. The van der Waals surface area contributed by atoms with Crippen molar-refractivity contribution in [3.63, 3.8) is 0 Å². The number of nitrogens with zero attached hydrogens (tertiary/aromatic N) is 1. The lowest BCUT2D eigenvalue weighted by Gasteiger charge is -2.08. The third-order valence-corrected chi connectivity index (χ3v) is 4.99. The highest BCUT2D eigenvalue weighted by Crippen LogP contribution is 2.06. The monoisotopic (exact) mass is 263 g/mol. The first-order chi connectivity index (χ1) is 4.04. The molecule has 0 N–H and O–H groups in total. The molecule has 5 heteroatoms. The average molecular weight is 263 g/mol. The second-order valence-electron chi connectivity index (χ2n) is 1.50. The molecule has 0 amide bonds. The molecule has 0 radical (unpaired) electrons. The fourth-order valence-electron chi connectivity index (χ4n) is 0.337. The average Bonchev–Trinajstić information content (AvgIpc) is 1.86. The van der Waals surface area contributed by atoms with Gasteiger partial charge in [-0.25, -0.2) is 8.42 Å². The Morgan fingerprint density at radius 1 is 1.44 bits per heavy atom. The summed E-state index contributed by atoms with van der Waals surface area (Å²) in [5.74, 6) is 0.184. The molecule has 0 atom stereocenters. The fraction of sp³-hybridized carbons (Fsp3) is 1.00. The first kappa shape index (κ1) is 9.64. The molecule has 9 heavy (non-hydrogen) atoms. The summed E-state index contributed by atoms with van der Waals surface area (Å²) < 4.78 is 23.0. The van der Waals surface area contributed by atoms with E-state index >= 15 is 0 Å². The Morgan fingerprint density at radius 3 is 2.00 bits per heavy atom. The first-order valence-corrected chi connectivity index (χ1v) is 5.28. The summed E-state index contributed by atoms with van der Waals surface area (Å²) in [6.45, 7) is 3.98. The fourth-order valence-corrected chi connectivity index (χ4v) is 1.85. The van der Waals surface area contributed by atoms with E-state index in [9.17, 15) is 8.42 Å². The van der Waals surface area contributed by atoms with Crippen molar-refractivity contribution in [2.75, 3.05) is 12.3 Å². The topological polar surface area (TPSA) is 37.4 Å². The number of sulfonamides is 1. The van der Waals surface area contributed by atoms with Crippen LogP contribution in [0, 0.1) is 0 Å². The van der Waals surface area contributed by atoms with Gasteiger partial charge in [0.15, 0.2) is 0 Å². The Bertz CT molecular complexity index is 165. The van der Waals surface area contributed by atoms with Crippen molar-refractivity contribution in [1.29, 1.82) is 0 Å². The summed E-state index contributed by atoms with van der Waals surface area (Å²) in [6.07, 6.45) is 0. The molecule has 0 aliphatic carbocycles. The zero-order chi connectivity index (χ0) is 7.49. The van der Waals surface area contributed by atoms with Gasteiger partial charge < -0.3 is 0 Å². The molecular formula is C4H10INO2S. The second-order valence-corrected chi connectivity index (χ2v) is 5.51. The van der Waals surface area contributed by atoms with Gasteiger partial charge >= 0.3 is 0 Å². The maximum absolute atomic E-state index is 10.8. The van der Waals surface area contributed by atoms with Gasteiger partial charge in [-0.1, -0.05) is 6.92 Å². The van der Waals surface area contributed by atoms with Crippen molar-refractivity contribution in [3.8, 4) is 0 Å². The van der Waals surface area contributed by atoms with Crippen LogP contribution in [0.5, 0.6) is 0 Å². The molecular weight excluding hydrogens is 253 g/mol. The molecule has 56 valence electrons. The molecule has 0 aliphatic heterocycles. The van der Waals surface area contributed by atoms with Gasteiger partial charge in [-0.15, -0.1) is 2.52 Å². The first-order valence-electron chi connectivity index (χ1n) is 2.70. The Morgan fingerprint density at radius 2 is 1.89 bits per heavy atom. The Balaban J connectivity index is 4.17. The van der Waals surface area contributed by atoms with Crippen LogP contribution in [0.3, 0.4) is 0 Å². The predicted octanol–water partition coefficient (Wildman–Crippen LogP) is 1.01. The highest BCUT2D eigenvalue weighted by atomic mass is 127. The van der Waals surface area contributed by atoms with Crippen molar-refractivity contribution in [2.45, 2.75) is 13.8 Å². The molecule has 0 bridgehead atoms. The van der Waals surface area contributed by atoms with Gasteiger partial charge in [0, 0.05) is 29.4 Å². The van der Waals surface area contributed by atoms with Crippen LogP contribution >= 0.6 is 22.9 Å². The summed E-state index contributed by atoms with van der Waals surface area (Å²) >= 11 is 1.79. The molecule has 3 nitrogen and oxygen atoms in total. The summed E-state index contributed by atoms with van der Waals surface area (Å²) in [7, 11) is -2.93. The van der Waals surface area contributed by atoms with Crippen LogP contribution in [-0.2, 0) is 10.0 Å². The maximum Gasteiger partial charge on any atom is 0.222 e. The van der Waals surface area contributed by atoms with Crippen LogP contribution in [0.1, 0.15) is 13.8 Å². The number of hydrogen-bond acceptors (Lipinski definition) is 2. The Kier molecular flexibility index (Phi) is 3.99. The lowest BCUT2D eigenvalue weighted by molar-refractivity contribution is 0.560. The zero-order valence-electron chi connectivity index (χ0n) is 5.46. The van der Waals surface area contributed by atoms with E-state index in [0.717, 1.165) is 0 Å². The molecule has 0 spiro atoms. The molecule has 0 saturated carbocycles. The van der Waals surface area contributed by atoms with Crippen LogP contribution in [0.4, 0.5) is 0 Å². The highest BCUT2D eigenvalue weighted by Gasteiger charge is 2.13. The molecule has 0 aromatic carbocycles. The van der Waals surface area contributed by atoms with E-state index in [1.54, 1.807) is 36.7 Å². The number of rotatable bonds is 3. The lowest BCUT2D eigenvalue weighted by atomic mass is 10.8. The van der Waals surface area contributed by atoms with Crippen molar-refractivity contribution in [3.05, 3.63) is 0 Å². The lowest BCUT2D eigenvalue weighted by Crippen LogP contribution is -2.22. The molecule has 0 heterocycles. The summed E-state index contributed by atoms with van der Waals surface area (Å²) in [5, 5.41) is 0. The largest absolute Gasteiger partial charge is 0.222 e. The molecule has 0 aromatic heterocycles. The smallest absolute Gasteiger partial charge is 0.211 e. The normalized spacial score (nSPS) is 12.4. The van der Waals surface area contributed by atoms with E-state index in [1.165, 1.54) is 2.52 Å². The minimum absolute atomic E-state index is 0.184. The second kappa shape index (κ2) is 3.72. The maximum atomic E-state index is 10.8. The Labute approximate surface area is 70.0 Å².